The summed E-state index contributed by atoms with van der Waals surface area (Å²) in [5.41, 5.74) is 1.47. The third-order valence-electron chi connectivity index (χ3n) is 5.87. The van der Waals surface area contributed by atoms with E-state index in [4.69, 9.17) is 20.5 Å². The fourth-order valence-electron chi connectivity index (χ4n) is 4.42. The Labute approximate surface area is 202 Å². The third kappa shape index (κ3) is 7.45. The lowest BCUT2D eigenvalue weighted by atomic mass is 9.72. The first-order valence-electron chi connectivity index (χ1n) is 11.2. The summed E-state index contributed by atoms with van der Waals surface area (Å²) in [5.74, 6) is 0.784. The van der Waals surface area contributed by atoms with E-state index in [0.29, 0.717) is 24.5 Å². The van der Waals surface area contributed by atoms with Crippen LogP contribution < -0.4 is 4.74 Å². The molecular formula is C25H32ClNO5S. The first-order valence-corrected chi connectivity index (χ1v) is 13.4. The molecule has 2 aromatic rings. The Morgan fingerprint density at radius 2 is 1.94 bits per heavy atom. The van der Waals surface area contributed by atoms with E-state index in [2.05, 4.69) is 0 Å². The lowest BCUT2D eigenvalue weighted by Gasteiger charge is -2.43. The SMILES string of the molecule is CC(C)Oc1cccc(CC(=O)N2CCC[C@](CCOS(C)(=O)=O)(c3cccc(Cl)c3)C2)c1. The Morgan fingerprint density at radius 1 is 1.18 bits per heavy atom. The van der Waals surface area contributed by atoms with Gasteiger partial charge in [0.05, 0.1) is 25.4 Å². The Hall–Kier alpha value is -2.09. The minimum absolute atomic E-state index is 0.0341. The molecule has 1 aliphatic heterocycles. The van der Waals surface area contributed by atoms with Crippen LogP contribution in [0.3, 0.4) is 0 Å². The van der Waals surface area contributed by atoms with Gasteiger partial charge < -0.3 is 9.64 Å². The van der Waals surface area contributed by atoms with Crippen LogP contribution in [0.15, 0.2) is 48.5 Å². The number of benzene rings is 2. The lowest BCUT2D eigenvalue weighted by molar-refractivity contribution is -0.132. The molecule has 1 atom stereocenters. The average molecular weight is 494 g/mol. The van der Waals surface area contributed by atoms with Crippen LogP contribution >= 0.6 is 11.6 Å². The number of ether oxygens (including phenoxy) is 1. The Bertz CT molecular complexity index is 1070. The number of hydrogen-bond donors (Lipinski definition) is 0. The van der Waals surface area contributed by atoms with E-state index in [1.54, 1.807) is 0 Å². The third-order valence-corrected chi connectivity index (χ3v) is 6.70. The fourth-order valence-corrected chi connectivity index (χ4v) is 5.00. The fraction of sp³-hybridized carbons (Fsp3) is 0.480. The summed E-state index contributed by atoms with van der Waals surface area (Å²) in [6, 6.07) is 15.2. The van der Waals surface area contributed by atoms with E-state index < -0.39 is 15.5 Å². The van der Waals surface area contributed by atoms with Crippen LogP contribution in [0.25, 0.3) is 0 Å². The first kappa shape index (κ1) is 25.5. The quantitative estimate of drug-likeness (QED) is 0.477. The molecule has 0 bridgehead atoms. The van der Waals surface area contributed by atoms with Crippen LogP contribution in [-0.2, 0) is 30.9 Å². The van der Waals surface area contributed by atoms with E-state index in [-0.39, 0.29) is 25.0 Å². The second kappa shape index (κ2) is 10.9. The van der Waals surface area contributed by atoms with Gasteiger partial charge in [-0.1, -0.05) is 35.9 Å². The average Bonchev–Trinajstić information content (AvgIpc) is 2.73. The maximum Gasteiger partial charge on any atom is 0.264 e. The van der Waals surface area contributed by atoms with Crippen molar-refractivity contribution in [2.75, 3.05) is 26.0 Å². The van der Waals surface area contributed by atoms with Crippen molar-refractivity contribution in [1.29, 1.82) is 0 Å². The van der Waals surface area contributed by atoms with Gasteiger partial charge in [-0.2, -0.15) is 8.42 Å². The van der Waals surface area contributed by atoms with Crippen molar-refractivity contribution >= 4 is 27.6 Å². The van der Waals surface area contributed by atoms with Crippen molar-refractivity contribution in [2.24, 2.45) is 0 Å². The second-order valence-electron chi connectivity index (χ2n) is 8.98. The first-order chi connectivity index (χ1) is 15.6. The highest BCUT2D eigenvalue weighted by atomic mass is 35.5. The summed E-state index contributed by atoms with van der Waals surface area (Å²) in [4.78, 5) is 15.1. The number of carbonyl (C=O) groups excluding carboxylic acids is 1. The van der Waals surface area contributed by atoms with Crippen LogP contribution in [0.5, 0.6) is 5.75 Å². The molecule has 1 aliphatic rings. The van der Waals surface area contributed by atoms with Gasteiger partial charge in [0.25, 0.3) is 10.1 Å². The molecule has 0 aliphatic carbocycles. The van der Waals surface area contributed by atoms with Crippen molar-refractivity contribution in [2.45, 2.75) is 51.0 Å². The molecule has 0 spiro atoms. The van der Waals surface area contributed by atoms with Crippen molar-refractivity contribution in [3.05, 3.63) is 64.7 Å². The van der Waals surface area contributed by atoms with E-state index in [0.717, 1.165) is 36.0 Å². The smallest absolute Gasteiger partial charge is 0.264 e. The largest absolute Gasteiger partial charge is 0.491 e. The summed E-state index contributed by atoms with van der Waals surface area (Å²) in [6.07, 6.45) is 3.50. The van der Waals surface area contributed by atoms with Gasteiger partial charge in [0.1, 0.15) is 5.75 Å². The summed E-state index contributed by atoms with van der Waals surface area (Å²) in [6.45, 7) is 5.14. The standard InChI is InChI=1S/C25H32ClNO5S/c1-19(2)32-23-10-4-7-20(15-23)16-24(28)27-13-6-11-25(18-27,12-14-31-33(3,29)30)21-8-5-9-22(26)17-21/h4-5,7-10,15,17,19H,6,11-14,16,18H2,1-3H3/t25-/m1/s1. The Kier molecular flexibility index (Phi) is 8.43. The minimum atomic E-state index is -3.54. The van der Waals surface area contributed by atoms with Gasteiger partial charge in [0.15, 0.2) is 0 Å². The Balaban J connectivity index is 1.79. The molecule has 180 valence electrons. The van der Waals surface area contributed by atoms with E-state index >= 15 is 0 Å². The van der Waals surface area contributed by atoms with Gasteiger partial charge in [-0.25, -0.2) is 0 Å². The molecule has 8 heteroatoms. The molecule has 3 rings (SSSR count). The number of carbonyl (C=O) groups is 1. The molecule has 6 nitrogen and oxygen atoms in total. The summed E-state index contributed by atoms with van der Waals surface area (Å²) >= 11 is 6.27. The molecule has 1 fully saturated rings. The molecule has 0 saturated carbocycles. The molecule has 0 aromatic heterocycles. The molecule has 0 radical (unpaired) electrons. The maximum absolute atomic E-state index is 13.3. The van der Waals surface area contributed by atoms with Crippen molar-refractivity contribution in [1.82, 2.24) is 4.90 Å². The number of piperidine rings is 1. The topological polar surface area (TPSA) is 72.9 Å². The molecule has 0 unspecified atom stereocenters. The highest BCUT2D eigenvalue weighted by Gasteiger charge is 2.38. The number of likely N-dealkylation sites (tertiary alicyclic amines) is 1. The number of rotatable bonds is 9. The zero-order chi connectivity index (χ0) is 24.1. The zero-order valence-electron chi connectivity index (χ0n) is 19.4. The van der Waals surface area contributed by atoms with Crippen LogP contribution in [0, 0.1) is 0 Å². The van der Waals surface area contributed by atoms with Crippen LogP contribution in [-0.4, -0.2) is 51.3 Å². The summed E-state index contributed by atoms with van der Waals surface area (Å²) in [7, 11) is -3.54. The monoisotopic (exact) mass is 493 g/mol. The van der Waals surface area contributed by atoms with Crippen LogP contribution in [0.4, 0.5) is 0 Å². The number of amides is 1. The molecule has 33 heavy (non-hydrogen) atoms. The normalized spacial score (nSPS) is 19.0. The van der Waals surface area contributed by atoms with Gasteiger partial charge in [0.2, 0.25) is 5.91 Å². The molecule has 1 heterocycles. The molecule has 2 aromatic carbocycles. The second-order valence-corrected chi connectivity index (χ2v) is 11.1. The molecule has 1 amide bonds. The van der Waals surface area contributed by atoms with E-state index in [1.165, 1.54) is 0 Å². The number of halogens is 1. The van der Waals surface area contributed by atoms with Crippen LogP contribution in [0.2, 0.25) is 5.02 Å². The molecule has 1 saturated heterocycles. The van der Waals surface area contributed by atoms with E-state index in [9.17, 15) is 13.2 Å². The van der Waals surface area contributed by atoms with E-state index in [1.807, 2.05) is 67.3 Å². The van der Waals surface area contributed by atoms with Gasteiger partial charge >= 0.3 is 0 Å². The minimum Gasteiger partial charge on any atom is -0.491 e. The predicted molar refractivity (Wildman–Crippen MR) is 130 cm³/mol. The number of nitrogens with zero attached hydrogens (tertiary/aromatic N) is 1. The van der Waals surface area contributed by atoms with Crippen LogP contribution in [0.1, 0.15) is 44.2 Å². The van der Waals surface area contributed by atoms with Gasteiger partial charge in [-0.3, -0.25) is 8.98 Å². The summed E-state index contributed by atoms with van der Waals surface area (Å²) in [5, 5.41) is 0.612. The highest BCUT2D eigenvalue weighted by Crippen LogP contribution is 2.38. The lowest BCUT2D eigenvalue weighted by Crippen LogP contribution is -2.49. The van der Waals surface area contributed by atoms with Crippen molar-refractivity contribution < 1.29 is 22.1 Å². The Morgan fingerprint density at radius 3 is 2.64 bits per heavy atom. The summed E-state index contributed by atoms with van der Waals surface area (Å²) < 4.78 is 33.9. The zero-order valence-corrected chi connectivity index (χ0v) is 21.0. The van der Waals surface area contributed by atoms with Gasteiger partial charge in [0, 0.05) is 23.5 Å². The molecular weight excluding hydrogens is 462 g/mol. The highest BCUT2D eigenvalue weighted by molar-refractivity contribution is 7.85. The number of hydrogen-bond acceptors (Lipinski definition) is 5. The van der Waals surface area contributed by atoms with Gasteiger partial charge in [-0.05, 0) is 68.5 Å². The maximum atomic E-state index is 13.3. The van der Waals surface area contributed by atoms with Crippen molar-refractivity contribution in [3.63, 3.8) is 0 Å². The van der Waals surface area contributed by atoms with Gasteiger partial charge in [-0.15, -0.1) is 0 Å². The molecule has 0 N–H and O–H groups in total. The predicted octanol–water partition coefficient (Wildman–Crippen LogP) is 4.60. The van der Waals surface area contributed by atoms with Crippen molar-refractivity contribution in [3.8, 4) is 5.75 Å².